The minimum atomic E-state index is -0.0787. The fraction of sp³-hybridized carbons (Fsp3) is 0.533. The highest BCUT2D eigenvalue weighted by atomic mass is 16.5. The predicted molar refractivity (Wildman–Crippen MR) is 74.2 cm³/mol. The second-order valence-electron chi connectivity index (χ2n) is 5.05. The van der Waals surface area contributed by atoms with Crippen LogP contribution < -0.4 is 10.1 Å². The molecule has 19 heavy (non-hydrogen) atoms. The van der Waals surface area contributed by atoms with Crippen LogP contribution >= 0.6 is 0 Å². The average Bonchev–Trinajstić information content (AvgIpc) is 2.47. The quantitative estimate of drug-likeness (QED) is 0.877. The van der Waals surface area contributed by atoms with Gasteiger partial charge in [0.25, 0.3) is 0 Å². The number of ether oxygens (including phenoxy) is 1. The molecule has 2 unspecified atom stereocenters. The molecule has 0 bridgehead atoms. The van der Waals surface area contributed by atoms with E-state index in [1.54, 1.807) is 13.2 Å². The lowest BCUT2D eigenvalue weighted by molar-refractivity contribution is -0.123. The van der Waals surface area contributed by atoms with Gasteiger partial charge in [-0.2, -0.15) is 0 Å². The summed E-state index contributed by atoms with van der Waals surface area (Å²) in [7, 11) is 1.60. The molecule has 4 heteroatoms. The molecule has 0 saturated heterocycles. The Morgan fingerprint density at radius 2 is 2.21 bits per heavy atom. The molecule has 2 rings (SSSR count). The molecule has 0 aromatic heterocycles. The van der Waals surface area contributed by atoms with Crippen LogP contribution in [0.25, 0.3) is 0 Å². The van der Waals surface area contributed by atoms with E-state index in [1.807, 2.05) is 18.2 Å². The van der Waals surface area contributed by atoms with Crippen molar-refractivity contribution in [1.29, 1.82) is 0 Å². The van der Waals surface area contributed by atoms with Gasteiger partial charge in [-0.15, -0.1) is 0 Å². The number of aliphatic hydroxyl groups is 1. The zero-order valence-corrected chi connectivity index (χ0v) is 11.3. The minimum absolute atomic E-state index is 0.00648. The summed E-state index contributed by atoms with van der Waals surface area (Å²) >= 11 is 0. The zero-order valence-electron chi connectivity index (χ0n) is 11.3. The van der Waals surface area contributed by atoms with Gasteiger partial charge in [0.05, 0.1) is 7.11 Å². The van der Waals surface area contributed by atoms with Gasteiger partial charge in [0.2, 0.25) is 5.91 Å². The summed E-state index contributed by atoms with van der Waals surface area (Å²) in [5.74, 6) is 0.747. The number of aliphatic hydroxyl groups excluding tert-OH is 1. The van der Waals surface area contributed by atoms with E-state index in [9.17, 15) is 9.90 Å². The number of amides is 1. The van der Waals surface area contributed by atoms with E-state index in [0.29, 0.717) is 0 Å². The molecule has 1 saturated carbocycles. The van der Waals surface area contributed by atoms with Crippen LogP contribution in [0.5, 0.6) is 5.75 Å². The van der Waals surface area contributed by atoms with E-state index in [4.69, 9.17) is 4.74 Å². The number of benzene rings is 1. The molecule has 2 N–H and O–H groups in total. The molecule has 104 valence electrons. The van der Waals surface area contributed by atoms with Crippen LogP contribution in [0, 0.1) is 11.8 Å². The van der Waals surface area contributed by atoms with Crippen molar-refractivity contribution in [3.8, 4) is 5.75 Å². The first-order valence-corrected chi connectivity index (χ1v) is 6.80. The van der Waals surface area contributed by atoms with E-state index in [-0.39, 0.29) is 24.3 Å². The second kappa shape index (κ2) is 6.57. The van der Waals surface area contributed by atoms with Crippen molar-refractivity contribution >= 4 is 11.6 Å². The van der Waals surface area contributed by atoms with E-state index in [1.165, 1.54) is 0 Å². The highest BCUT2D eigenvalue weighted by Crippen LogP contribution is 2.31. The van der Waals surface area contributed by atoms with Gasteiger partial charge in [0.1, 0.15) is 5.75 Å². The van der Waals surface area contributed by atoms with E-state index in [0.717, 1.165) is 37.1 Å². The first-order chi connectivity index (χ1) is 9.24. The fourth-order valence-corrected chi connectivity index (χ4v) is 2.71. The Labute approximate surface area is 113 Å². The Morgan fingerprint density at radius 3 is 2.95 bits per heavy atom. The monoisotopic (exact) mass is 263 g/mol. The molecule has 1 amide bonds. The zero-order chi connectivity index (χ0) is 13.7. The number of nitrogens with one attached hydrogen (secondary N) is 1. The van der Waals surface area contributed by atoms with Crippen LogP contribution in [0.15, 0.2) is 24.3 Å². The van der Waals surface area contributed by atoms with Crippen molar-refractivity contribution in [1.82, 2.24) is 0 Å². The van der Waals surface area contributed by atoms with Gasteiger partial charge >= 0.3 is 0 Å². The summed E-state index contributed by atoms with van der Waals surface area (Å²) in [6.07, 6.45) is 3.97. The van der Waals surface area contributed by atoms with Gasteiger partial charge in [0, 0.05) is 24.3 Å². The molecule has 0 spiro atoms. The van der Waals surface area contributed by atoms with Crippen LogP contribution in [-0.2, 0) is 4.79 Å². The van der Waals surface area contributed by atoms with Crippen molar-refractivity contribution in [2.45, 2.75) is 25.7 Å². The smallest absolute Gasteiger partial charge is 0.227 e. The number of anilines is 1. The van der Waals surface area contributed by atoms with Gasteiger partial charge in [-0.25, -0.2) is 0 Å². The Bertz CT molecular complexity index is 433. The van der Waals surface area contributed by atoms with Crippen LogP contribution in [0.2, 0.25) is 0 Å². The molecule has 0 aliphatic heterocycles. The van der Waals surface area contributed by atoms with Gasteiger partial charge in [-0.05, 0) is 30.9 Å². The number of carbonyl (C=O) groups excluding carboxylic acids is 1. The normalized spacial score (nSPS) is 22.8. The first kappa shape index (κ1) is 13.9. The maximum Gasteiger partial charge on any atom is 0.227 e. The third kappa shape index (κ3) is 3.47. The number of hydrogen-bond donors (Lipinski definition) is 2. The maximum atomic E-state index is 12.3. The summed E-state index contributed by atoms with van der Waals surface area (Å²) in [6, 6.07) is 7.33. The Balaban J connectivity index is 2.02. The summed E-state index contributed by atoms with van der Waals surface area (Å²) in [4.78, 5) is 12.3. The van der Waals surface area contributed by atoms with Gasteiger partial charge in [-0.1, -0.05) is 18.9 Å². The standard InChI is InChI=1S/C15H21NO3/c1-19-13-7-4-6-12(9-13)16-15(18)14-8-3-2-5-11(14)10-17/h4,6-7,9,11,14,17H,2-3,5,8,10H2,1H3,(H,16,18). The number of rotatable bonds is 4. The van der Waals surface area contributed by atoms with E-state index < -0.39 is 0 Å². The topological polar surface area (TPSA) is 58.6 Å². The third-order valence-electron chi connectivity index (χ3n) is 3.82. The van der Waals surface area contributed by atoms with Gasteiger partial charge in [0.15, 0.2) is 0 Å². The highest BCUT2D eigenvalue weighted by Gasteiger charge is 2.30. The molecule has 2 atom stereocenters. The average molecular weight is 263 g/mol. The highest BCUT2D eigenvalue weighted by molar-refractivity contribution is 5.93. The van der Waals surface area contributed by atoms with Crippen LogP contribution in [0.3, 0.4) is 0 Å². The Kier molecular flexibility index (Phi) is 4.80. The molecule has 1 aromatic rings. The lowest BCUT2D eigenvalue weighted by atomic mass is 9.79. The molecular formula is C15H21NO3. The van der Waals surface area contributed by atoms with E-state index in [2.05, 4.69) is 5.32 Å². The maximum absolute atomic E-state index is 12.3. The Hall–Kier alpha value is -1.55. The van der Waals surface area contributed by atoms with Crippen molar-refractivity contribution in [2.75, 3.05) is 19.0 Å². The summed E-state index contributed by atoms with van der Waals surface area (Å²) in [5.41, 5.74) is 0.742. The lowest BCUT2D eigenvalue weighted by Crippen LogP contribution is -2.33. The number of hydrogen-bond acceptors (Lipinski definition) is 3. The predicted octanol–water partition coefficient (Wildman–Crippen LogP) is 2.43. The minimum Gasteiger partial charge on any atom is -0.497 e. The van der Waals surface area contributed by atoms with Crippen molar-refractivity contribution in [3.63, 3.8) is 0 Å². The molecule has 1 aliphatic rings. The third-order valence-corrected chi connectivity index (χ3v) is 3.82. The molecule has 0 heterocycles. The molecule has 4 nitrogen and oxygen atoms in total. The first-order valence-electron chi connectivity index (χ1n) is 6.80. The van der Waals surface area contributed by atoms with Crippen LogP contribution in [0.4, 0.5) is 5.69 Å². The molecule has 1 aliphatic carbocycles. The van der Waals surface area contributed by atoms with Crippen molar-refractivity contribution in [2.24, 2.45) is 11.8 Å². The largest absolute Gasteiger partial charge is 0.497 e. The fourth-order valence-electron chi connectivity index (χ4n) is 2.71. The number of methoxy groups -OCH3 is 1. The van der Waals surface area contributed by atoms with Crippen LogP contribution in [-0.4, -0.2) is 24.7 Å². The van der Waals surface area contributed by atoms with Crippen molar-refractivity contribution < 1.29 is 14.6 Å². The van der Waals surface area contributed by atoms with Gasteiger partial charge < -0.3 is 15.2 Å². The summed E-state index contributed by atoms with van der Waals surface area (Å²) < 4.78 is 5.13. The summed E-state index contributed by atoms with van der Waals surface area (Å²) in [5, 5.41) is 12.3. The van der Waals surface area contributed by atoms with Crippen LogP contribution in [0.1, 0.15) is 25.7 Å². The summed E-state index contributed by atoms with van der Waals surface area (Å²) in [6.45, 7) is 0.0934. The van der Waals surface area contributed by atoms with Gasteiger partial charge in [-0.3, -0.25) is 4.79 Å². The molecule has 1 aromatic carbocycles. The van der Waals surface area contributed by atoms with E-state index >= 15 is 0 Å². The van der Waals surface area contributed by atoms with Crippen molar-refractivity contribution in [3.05, 3.63) is 24.3 Å². The molecular weight excluding hydrogens is 242 g/mol. The molecule has 0 radical (unpaired) electrons. The lowest BCUT2D eigenvalue weighted by Gasteiger charge is -2.29. The Morgan fingerprint density at radius 1 is 1.42 bits per heavy atom. The molecule has 1 fully saturated rings. The number of carbonyl (C=O) groups is 1. The SMILES string of the molecule is COc1cccc(NC(=O)C2CCCCC2CO)c1. The second-order valence-corrected chi connectivity index (χ2v) is 5.05.